The summed E-state index contributed by atoms with van der Waals surface area (Å²) in [4.78, 5) is 18.8. The van der Waals surface area contributed by atoms with Gasteiger partial charge in [-0.2, -0.15) is 0 Å². The van der Waals surface area contributed by atoms with Gasteiger partial charge in [-0.05, 0) is 37.3 Å². The molecule has 1 fully saturated rings. The molecule has 2 N–H and O–H groups in total. The topological polar surface area (TPSA) is 59.2 Å². The van der Waals surface area contributed by atoms with Crippen molar-refractivity contribution in [3.63, 3.8) is 0 Å². The van der Waals surface area contributed by atoms with Crippen LogP contribution in [0.4, 0.5) is 5.82 Å². The van der Waals surface area contributed by atoms with Gasteiger partial charge in [-0.3, -0.25) is 4.79 Å². The highest BCUT2D eigenvalue weighted by Gasteiger charge is 2.27. The van der Waals surface area contributed by atoms with Gasteiger partial charge in [-0.15, -0.1) is 0 Å². The molecule has 1 amide bonds. The van der Waals surface area contributed by atoms with Gasteiger partial charge in [0.1, 0.15) is 11.0 Å². The quantitative estimate of drug-likeness (QED) is 0.843. The van der Waals surface area contributed by atoms with Crippen molar-refractivity contribution in [1.29, 1.82) is 0 Å². The van der Waals surface area contributed by atoms with Crippen molar-refractivity contribution in [1.82, 2.24) is 9.88 Å². The van der Waals surface area contributed by atoms with Crippen LogP contribution < -0.4 is 5.73 Å². The number of halogens is 1. The number of nitrogens with zero attached hydrogens (tertiary/aromatic N) is 2. The van der Waals surface area contributed by atoms with Crippen molar-refractivity contribution < 1.29 is 4.79 Å². The van der Waals surface area contributed by atoms with Gasteiger partial charge < -0.3 is 10.6 Å². The molecule has 0 aliphatic heterocycles. The predicted molar refractivity (Wildman–Crippen MR) is 86.4 cm³/mol. The molecule has 1 saturated carbocycles. The van der Waals surface area contributed by atoms with E-state index in [1.54, 1.807) is 12.1 Å². The molecule has 1 aromatic heterocycles. The number of amides is 1. The van der Waals surface area contributed by atoms with Crippen molar-refractivity contribution in [3.05, 3.63) is 22.8 Å². The summed E-state index contributed by atoms with van der Waals surface area (Å²) in [5.41, 5.74) is 6.25. The first-order chi connectivity index (χ1) is 9.97. The Morgan fingerprint density at radius 1 is 1.43 bits per heavy atom. The molecule has 2 rings (SSSR count). The fourth-order valence-electron chi connectivity index (χ4n) is 2.87. The Bertz CT molecular complexity index is 478. The van der Waals surface area contributed by atoms with Crippen molar-refractivity contribution in [2.24, 2.45) is 5.92 Å². The van der Waals surface area contributed by atoms with E-state index in [4.69, 9.17) is 17.3 Å². The number of nitrogens with two attached hydrogens (primary N) is 1. The molecule has 1 aliphatic rings. The first kappa shape index (κ1) is 16.1. The number of pyridine rings is 1. The Hall–Kier alpha value is -1.29. The third kappa shape index (κ3) is 4.34. The molecular weight excluding hydrogens is 286 g/mol. The predicted octanol–water partition coefficient (Wildman–Crippen LogP) is 3.75. The number of carbonyl (C=O) groups excluding carboxylic acids is 1. The average Bonchev–Trinajstić information content (AvgIpc) is 2.91. The molecule has 0 saturated heterocycles. The van der Waals surface area contributed by atoms with Crippen LogP contribution in [-0.2, 0) is 0 Å². The van der Waals surface area contributed by atoms with E-state index in [2.05, 4.69) is 18.8 Å². The Morgan fingerprint density at radius 3 is 2.67 bits per heavy atom. The van der Waals surface area contributed by atoms with E-state index in [1.165, 1.54) is 12.8 Å². The molecule has 5 heteroatoms. The first-order valence-electron chi connectivity index (χ1n) is 7.71. The lowest BCUT2D eigenvalue weighted by molar-refractivity contribution is 0.0672. The number of nitrogen functional groups attached to an aromatic ring is 1. The molecule has 21 heavy (non-hydrogen) atoms. The Balaban J connectivity index is 2.19. The normalized spacial score (nSPS) is 15.6. The minimum absolute atomic E-state index is 0.0264. The van der Waals surface area contributed by atoms with Crippen LogP contribution in [0.1, 0.15) is 56.3 Å². The number of hydrogen-bond acceptors (Lipinski definition) is 3. The summed E-state index contributed by atoms with van der Waals surface area (Å²) in [5.74, 6) is 0.896. The second kappa shape index (κ2) is 7.12. The van der Waals surface area contributed by atoms with Crippen LogP contribution in [-0.4, -0.2) is 28.4 Å². The summed E-state index contributed by atoms with van der Waals surface area (Å²) in [7, 11) is 0. The molecule has 0 radical (unpaired) electrons. The van der Waals surface area contributed by atoms with Crippen LogP contribution >= 0.6 is 11.6 Å². The Labute approximate surface area is 131 Å². The van der Waals surface area contributed by atoms with Gasteiger partial charge in [0, 0.05) is 18.2 Å². The summed E-state index contributed by atoms with van der Waals surface area (Å²) in [6.45, 7) is 5.15. The van der Waals surface area contributed by atoms with Gasteiger partial charge >= 0.3 is 0 Å². The number of rotatable bonds is 5. The monoisotopic (exact) mass is 309 g/mol. The lowest BCUT2D eigenvalue weighted by Crippen LogP contribution is -2.40. The standard InChI is InChI=1S/C16H24ClN3O/c1-11(2)7-8-20(13-5-3-4-6-13)16(21)12-9-14(17)19-15(18)10-12/h9-11,13H,3-8H2,1-2H3,(H2,18,19). The molecule has 1 heterocycles. The molecule has 0 aromatic carbocycles. The van der Waals surface area contributed by atoms with Gasteiger partial charge in [0.05, 0.1) is 0 Å². The summed E-state index contributed by atoms with van der Waals surface area (Å²) >= 11 is 5.92. The third-order valence-electron chi connectivity index (χ3n) is 4.03. The molecule has 116 valence electrons. The minimum Gasteiger partial charge on any atom is -0.384 e. The maximum Gasteiger partial charge on any atom is 0.254 e. The van der Waals surface area contributed by atoms with Gasteiger partial charge in [0.2, 0.25) is 0 Å². The fourth-order valence-corrected chi connectivity index (χ4v) is 3.08. The highest BCUT2D eigenvalue weighted by Crippen LogP contribution is 2.26. The number of aromatic nitrogens is 1. The summed E-state index contributed by atoms with van der Waals surface area (Å²) in [6.07, 6.45) is 5.61. The SMILES string of the molecule is CC(C)CCN(C(=O)c1cc(N)nc(Cl)c1)C1CCCC1. The molecule has 0 unspecified atom stereocenters. The maximum absolute atomic E-state index is 12.8. The summed E-state index contributed by atoms with van der Waals surface area (Å²) < 4.78 is 0. The molecule has 4 nitrogen and oxygen atoms in total. The lowest BCUT2D eigenvalue weighted by atomic mass is 10.1. The number of hydrogen-bond donors (Lipinski definition) is 1. The Kier molecular flexibility index (Phi) is 5.45. The van der Waals surface area contributed by atoms with Crippen molar-refractivity contribution >= 4 is 23.3 Å². The van der Waals surface area contributed by atoms with E-state index in [-0.39, 0.29) is 11.1 Å². The van der Waals surface area contributed by atoms with E-state index < -0.39 is 0 Å². The minimum atomic E-state index is 0.0264. The summed E-state index contributed by atoms with van der Waals surface area (Å²) in [5, 5.41) is 0.272. The molecule has 1 aliphatic carbocycles. The van der Waals surface area contributed by atoms with Gasteiger partial charge in [0.25, 0.3) is 5.91 Å². The largest absolute Gasteiger partial charge is 0.384 e. The number of anilines is 1. The van der Waals surface area contributed by atoms with Gasteiger partial charge in [-0.25, -0.2) is 4.98 Å². The van der Waals surface area contributed by atoms with Gasteiger partial charge in [0.15, 0.2) is 0 Å². The Morgan fingerprint density at radius 2 is 2.10 bits per heavy atom. The molecule has 0 atom stereocenters. The highest BCUT2D eigenvalue weighted by atomic mass is 35.5. The first-order valence-corrected chi connectivity index (χ1v) is 8.09. The van der Waals surface area contributed by atoms with Crippen molar-refractivity contribution in [2.75, 3.05) is 12.3 Å². The highest BCUT2D eigenvalue weighted by molar-refractivity contribution is 6.29. The molecule has 0 spiro atoms. The maximum atomic E-state index is 12.8. The number of carbonyl (C=O) groups is 1. The van der Waals surface area contributed by atoms with Crippen LogP contribution in [0.25, 0.3) is 0 Å². The zero-order valence-electron chi connectivity index (χ0n) is 12.8. The van der Waals surface area contributed by atoms with Crippen LogP contribution in [0, 0.1) is 5.92 Å². The van der Waals surface area contributed by atoms with Crippen LogP contribution in [0.15, 0.2) is 12.1 Å². The van der Waals surface area contributed by atoms with Crippen LogP contribution in [0.2, 0.25) is 5.15 Å². The molecule has 1 aromatic rings. The van der Waals surface area contributed by atoms with Crippen molar-refractivity contribution in [3.8, 4) is 0 Å². The van der Waals surface area contributed by atoms with E-state index >= 15 is 0 Å². The average molecular weight is 310 g/mol. The fraction of sp³-hybridized carbons (Fsp3) is 0.625. The zero-order valence-corrected chi connectivity index (χ0v) is 13.6. The van der Waals surface area contributed by atoms with E-state index in [9.17, 15) is 4.79 Å². The van der Waals surface area contributed by atoms with E-state index in [0.29, 0.717) is 23.3 Å². The smallest absolute Gasteiger partial charge is 0.254 e. The summed E-state index contributed by atoms with van der Waals surface area (Å²) in [6, 6.07) is 3.58. The van der Waals surface area contributed by atoms with E-state index in [1.807, 2.05) is 4.90 Å². The third-order valence-corrected chi connectivity index (χ3v) is 4.23. The van der Waals surface area contributed by atoms with Crippen molar-refractivity contribution in [2.45, 2.75) is 52.0 Å². The van der Waals surface area contributed by atoms with Crippen LogP contribution in [0.5, 0.6) is 0 Å². The second-order valence-electron chi connectivity index (χ2n) is 6.22. The zero-order chi connectivity index (χ0) is 15.4. The van der Waals surface area contributed by atoms with Crippen LogP contribution in [0.3, 0.4) is 0 Å². The molecular formula is C16H24ClN3O. The lowest BCUT2D eigenvalue weighted by Gasteiger charge is -2.30. The molecule has 0 bridgehead atoms. The van der Waals surface area contributed by atoms with E-state index in [0.717, 1.165) is 25.8 Å². The van der Waals surface area contributed by atoms with Gasteiger partial charge in [-0.1, -0.05) is 38.3 Å². The second-order valence-corrected chi connectivity index (χ2v) is 6.61.